The van der Waals surface area contributed by atoms with Crippen LogP contribution < -0.4 is 4.74 Å². The number of aromatic amines is 1. The summed E-state index contributed by atoms with van der Waals surface area (Å²) in [6, 6.07) is 13.7. The third-order valence-corrected chi connectivity index (χ3v) is 3.79. The Labute approximate surface area is 126 Å². The van der Waals surface area contributed by atoms with Crippen LogP contribution in [0.4, 0.5) is 0 Å². The number of nitrogens with one attached hydrogen (secondary N) is 1. The summed E-state index contributed by atoms with van der Waals surface area (Å²) in [5.41, 5.74) is 3.16. The minimum atomic E-state index is 0.693. The van der Waals surface area contributed by atoms with Crippen molar-refractivity contribution in [1.82, 2.24) is 9.55 Å². The van der Waals surface area contributed by atoms with E-state index in [4.69, 9.17) is 28.6 Å². The van der Waals surface area contributed by atoms with Crippen LogP contribution in [0.3, 0.4) is 0 Å². The van der Waals surface area contributed by atoms with E-state index >= 15 is 0 Å². The highest BCUT2D eigenvalue weighted by Crippen LogP contribution is 2.21. The molecule has 102 valence electrons. The maximum Gasteiger partial charge on any atom is 0.178 e. The molecule has 0 spiro atoms. The van der Waals surface area contributed by atoms with Crippen LogP contribution in [0.2, 0.25) is 5.02 Å². The molecule has 3 nitrogen and oxygen atoms in total. The van der Waals surface area contributed by atoms with E-state index in [0.717, 1.165) is 22.3 Å². The zero-order valence-electron chi connectivity index (χ0n) is 10.9. The molecule has 1 heterocycles. The second kappa shape index (κ2) is 5.31. The third-order valence-electron chi connectivity index (χ3n) is 3.24. The van der Waals surface area contributed by atoms with Gasteiger partial charge in [0.2, 0.25) is 0 Å². The average molecular weight is 305 g/mol. The van der Waals surface area contributed by atoms with Crippen LogP contribution in [0.1, 0.15) is 5.56 Å². The Bertz CT molecular complexity index is 805. The van der Waals surface area contributed by atoms with Gasteiger partial charge < -0.3 is 14.3 Å². The lowest BCUT2D eigenvalue weighted by Gasteiger charge is -2.06. The fraction of sp³-hybridized carbons (Fsp3) is 0.133. The third kappa shape index (κ3) is 2.44. The highest BCUT2D eigenvalue weighted by atomic mass is 35.5. The minimum absolute atomic E-state index is 0.693. The van der Waals surface area contributed by atoms with Crippen LogP contribution >= 0.6 is 23.8 Å². The summed E-state index contributed by atoms with van der Waals surface area (Å²) in [6.45, 7) is 0.698. The lowest BCUT2D eigenvalue weighted by atomic mass is 10.2. The number of benzene rings is 2. The van der Waals surface area contributed by atoms with Gasteiger partial charge in [-0.1, -0.05) is 23.7 Å². The van der Waals surface area contributed by atoms with Crippen LogP contribution in [-0.2, 0) is 6.54 Å². The molecular formula is C15H13ClN2OS. The predicted octanol–water partition coefficient (Wildman–Crippen LogP) is 4.41. The van der Waals surface area contributed by atoms with Gasteiger partial charge in [-0.15, -0.1) is 0 Å². The molecular weight excluding hydrogens is 292 g/mol. The van der Waals surface area contributed by atoms with Crippen molar-refractivity contribution in [2.45, 2.75) is 6.54 Å². The van der Waals surface area contributed by atoms with Gasteiger partial charge in [0.15, 0.2) is 4.77 Å². The predicted molar refractivity (Wildman–Crippen MR) is 84.2 cm³/mol. The van der Waals surface area contributed by atoms with Crippen molar-refractivity contribution in [3.05, 3.63) is 57.8 Å². The summed E-state index contributed by atoms with van der Waals surface area (Å²) in [5.74, 6) is 0.847. The van der Waals surface area contributed by atoms with Gasteiger partial charge in [-0.05, 0) is 48.1 Å². The molecule has 0 aliphatic carbocycles. The van der Waals surface area contributed by atoms with Gasteiger partial charge in [-0.3, -0.25) is 0 Å². The standard InChI is InChI=1S/C15H13ClN2OS/c1-19-12-5-2-10(3-6-12)9-18-14-8-11(16)4-7-13(14)17-15(18)20/h2-8H,9H2,1H3,(H,17,20). The Hall–Kier alpha value is -1.78. The highest BCUT2D eigenvalue weighted by molar-refractivity contribution is 7.71. The molecule has 2 aromatic carbocycles. The zero-order chi connectivity index (χ0) is 14.1. The molecule has 3 rings (SSSR count). The second-order valence-electron chi connectivity index (χ2n) is 4.53. The Kier molecular flexibility index (Phi) is 3.51. The van der Waals surface area contributed by atoms with Crippen LogP contribution in [0.25, 0.3) is 11.0 Å². The number of fused-ring (bicyclic) bond motifs is 1. The van der Waals surface area contributed by atoms with Crippen molar-refractivity contribution in [1.29, 1.82) is 0 Å². The zero-order valence-corrected chi connectivity index (χ0v) is 12.5. The maximum absolute atomic E-state index is 6.06. The fourth-order valence-corrected chi connectivity index (χ4v) is 2.64. The van der Waals surface area contributed by atoms with Crippen LogP contribution in [0.5, 0.6) is 5.75 Å². The second-order valence-corrected chi connectivity index (χ2v) is 5.35. The molecule has 5 heteroatoms. The van der Waals surface area contributed by atoms with Crippen molar-refractivity contribution in [3.8, 4) is 5.75 Å². The van der Waals surface area contributed by atoms with E-state index in [2.05, 4.69) is 4.98 Å². The van der Waals surface area contributed by atoms with E-state index in [1.165, 1.54) is 0 Å². The molecule has 1 aromatic heterocycles. The first-order valence-corrected chi connectivity index (χ1v) is 6.97. The monoisotopic (exact) mass is 304 g/mol. The van der Waals surface area contributed by atoms with Gasteiger partial charge in [-0.25, -0.2) is 0 Å². The van der Waals surface area contributed by atoms with Crippen molar-refractivity contribution in [2.24, 2.45) is 0 Å². The van der Waals surface area contributed by atoms with E-state index < -0.39 is 0 Å². The summed E-state index contributed by atoms with van der Waals surface area (Å²) in [5, 5.41) is 0.704. The number of hydrogen-bond acceptors (Lipinski definition) is 2. The molecule has 0 bridgehead atoms. The Balaban J connectivity index is 2.03. The van der Waals surface area contributed by atoms with Crippen LogP contribution in [-0.4, -0.2) is 16.7 Å². The quantitative estimate of drug-likeness (QED) is 0.726. The molecule has 0 amide bonds. The summed E-state index contributed by atoms with van der Waals surface area (Å²) < 4.78 is 7.90. The minimum Gasteiger partial charge on any atom is -0.497 e. The van der Waals surface area contributed by atoms with Crippen molar-refractivity contribution >= 4 is 34.9 Å². The topological polar surface area (TPSA) is 29.9 Å². The van der Waals surface area contributed by atoms with Gasteiger partial charge in [-0.2, -0.15) is 0 Å². The Morgan fingerprint density at radius 1 is 1.20 bits per heavy atom. The first-order valence-electron chi connectivity index (χ1n) is 6.18. The normalized spacial score (nSPS) is 10.9. The number of methoxy groups -OCH3 is 1. The van der Waals surface area contributed by atoms with Crippen molar-refractivity contribution < 1.29 is 4.74 Å². The van der Waals surface area contributed by atoms with E-state index in [9.17, 15) is 0 Å². The maximum atomic E-state index is 6.06. The van der Waals surface area contributed by atoms with E-state index in [-0.39, 0.29) is 0 Å². The molecule has 0 saturated heterocycles. The average Bonchev–Trinajstić information content (AvgIpc) is 2.76. The van der Waals surface area contributed by atoms with Crippen molar-refractivity contribution in [2.75, 3.05) is 7.11 Å². The first-order chi connectivity index (χ1) is 9.67. The van der Waals surface area contributed by atoms with Gasteiger partial charge in [0, 0.05) is 5.02 Å². The molecule has 0 aliphatic rings. The molecule has 3 aromatic rings. The van der Waals surface area contributed by atoms with Crippen LogP contribution in [0.15, 0.2) is 42.5 Å². The molecule has 1 N–H and O–H groups in total. The number of halogens is 1. The summed E-state index contributed by atoms with van der Waals surface area (Å²) >= 11 is 11.4. The summed E-state index contributed by atoms with van der Waals surface area (Å²) in [4.78, 5) is 3.19. The lowest BCUT2D eigenvalue weighted by Crippen LogP contribution is -1.99. The number of ether oxygens (including phenoxy) is 1. The number of aromatic nitrogens is 2. The number of rotatable bonds is 3. The molecule has 0 aliphatic heterocycles. The summed E-state index contributed by atoms with van der Waals surface area (Å²) in [7, 11) is 1.66. The summed E-state index contributed by atoms with van der Waals surface area (Å²) in [6.07, 6.45) is 0. The number of H-pyrrole nitrogens is 1. The van der Waals surface area contributed by atoms with Gasteiger partial charge in [0.05, 0.1) is 24.7 Å². The SMILES string of the molecule is COc1ccc(Cn2c(=S)[nH]c3ccc(Cl)cc32)cc1. The van der Waals surface area contributed by atoms with Crippen LogP contribution in [0, 0.1) is 4.77 Å². The fourth-order valence-electron chi connectivity index (χ4n) is 2.20. The Morgan fingerprint density at radius 3 is 2.65 bits per heavy atom. The van der Waals surface area contributed by atoms with Gasteiger partial charge in [0.1, 0.15) is 5.75 Å². The Morgan fingerprint density at radius 2 is 1.95 bits per heavy atom. The lowest BCUT2D eigenvalue weighted by molar-refractivity contribution is 0.414. The first kappa shape index (κ1) is 13.2. The van der Waals surface area contributed by atoms with Crippen molar-refractivity contribution in [3.63, 3.8) is 0 Å². The number of nitrogens with zero attached hydrogens (tertiary/aromatic N) is 1. The molecule has 0 saturated carbocycles. The molecule has 0 atom stereocenters. The molecule has 0 fully saturated rings. The van der Waals surface area contributed by atoms with Gasteiger partial charge in [0.25, 0.3) is 0 Å². The van der Waals surface area contributed by atoms with E-state index in [0.29, 0.717) is 16.3 Å². The smallest absolute Gasteiger partial charge is 0.178 e. The van der Waals surface area contributed by atoms with E-state index in [1.54, 1.807) is 7.11 Å². The number of hydrogen-bond donors (Lipinski definition) is 1. The molecule has 20 heavy (non-hydrogen) atoms. The van der Waals surface area contributed by atoms with Gasteiger partial charge >= 0.3 is 0 Å². The molecule has 0 radical (unpaired) electrons. The number of imidazole rings is 1. The largest absolute Gasteiger partial charge is 0.497 e. The van der Waals surface area contributed by atoms with E-state index in [1.807, 2.05) is 47.0 Å². The molecule has 0 unspecified atom stereocenters. The highest BCUT2D eigenvalue weighted by Gasteiger charge is 2.06.